The van der Waals surface area contributed by atoms with Crippen LogP contribution in [-0.4, -0.2) is 34.5 Å². The Bertz CT molecular complexity index is 1350. The molecule has 0 spiro atoms. The van der Waals surface area contributed by atoms with E-state index in [-0.39, 0.29) is 12.4 Å². The van der Waals surface area contributed by atoms with E-state index in [9.17, 15) is 18.0 Å². The number of esters is 1. The molecule has 0 unspecified atom stereocenters. The number of ether oxygens (including phenoxy) is 2. The number of hydrogen-bond donors (Lipinski definition) is 0. The number of nitrogens with zero attached hydrogens (tertiary/aromatic N) is 3. The smallest absolute Gasteiger partial charge is 0.434 e. The number of halogens is 3. The molecular formula is C27H24F3N3O3. The maximum Gasteiger partial charge on any atom is 0.434 e. The average molecular weight is 496 g/mol. The van der Waals surface area contributed by atoms with Crippen LogP contribution in [0.1, 0.15) is 34.1 Å². The van der Waals surface area contributed by atoms with Crippen molar-refractivity contribution in [2.24, 2.45) is 0 Å². The van der Waals surface area contributed by atoms with Gasteiger partial charge in [-0.25, -0.2) is 14.5 Å². The standard InChI is InChI=1S/C27H24F3N3O3/c1-3-36-26(34)22-17-31-33(25(22)27(28,29)30)24-10-6-9-23(32-24)21-8-5-4-7-19(21)14-11-18-12-15-20(35-2)16-13-18/h4-10,12-13,15-17H,3,11,14H2,1-2H3. The number of methoxy groups -OCH3 is 1. The molecule has 0 saturated heterocycles. The highest BCUT2D eigenvalue weighted by Crippen LogP contribution is 2.34. The van der Waals surface area contributed by atoms with Gasteiger partial charge >= 0.3 is 12.1 Å². The first-order valence-electron chi connectivity index (χ1n) is 11.3. The van der Waals surface area contributed by atoms with E-state index in [4.69, 9.17) is 9.47 Å². The van der Waals surface area contributed by atoms with Crippen molar-refractivity contribution in [1.29, 1.82) is 0 Å². The van der Waals surface area contributed by atoms with Gasteiger partial charge in [0.15, 0.2) is 11.5 Å². The number of carbonyl (C=O) groups excluding carboxylic acids is 1. The van der Waals surface area contributed by atoms with Crippen LogP contribution in [-0.2, 0) is 23.8 Å². The topological polar surface area (TPSA) is 66.2 Å². The molecular weight excluding hydrogens is 471 g/mol. The van der Waals surface area contributed by atoms with Gasteiger partial charge in [0.05, 0.1) is 25.6 Å². The Labute approximate surface area is 206 Å². The van der Waals surface area contributed by atoms with Crippen LogP contribution in [0, 0.1) is 0 Å². The Hall–Kier alpha value is -4.14. The summed E-state index contributed by atoms with van der Waals surface area (Å²) in [5.41, 5.74) is 1.56. The van der Waals surface area contributed by atoms with Gasteiger partial charge in [0.25, 0.3) is 0 Å². The first-order valence-corrected chi connectivity index (χ1v) is 11.3. The van der Waals surface area contributed by atoms with Crippen molar-refractivity contribution in [3.8, 4) is 22.8 Å². The number of pyridine rings is 1. The van der Waals surface area contributed by atoms with Crippen LogP contribution in [0.25, 0.3) is 17.1 Å². The fraction of sp³-hybridized carbons (Fsp3) is 0.222. The number of carbonyl (C=O) groups is 1. The van der Waals surface area contributed by atoms with E-state index in [0.29, 0.717) is 16.8 Å². The molecule has 0 fully saturated rings. The summed E-state index contributed by atoms with van der Waals surface area (Å²) in [7, 11) is 1.62. The molecule has 6 nitrogen and oxygen atoms in total. The molecule has 2 aromatic heterocycles. The molecule has 0 aliphatic carbocycles. The van der Waals surface area contributed by atoms with Gasteiger partial charge in [-0.15, -0.1) is 0 Å². The molecule has 4 rings (SSSR count). The molecule has 186 valence electrons. The minimum atomic E-state index is -4.84. The lowest BCUT2D eigenvalue weighted by molar-refractivity contribution is -0.143. The second-order valence-electron chi connectivity index (χ2n) is 7.92. The van der Waals surface area contributed by atoms with Gasteiger partial charge in [-0.1, -0.05) is 42.5 Å². The quantitative estimate of drug-likeness (QED) is 0.284. The van der Waals surface area contributed by atoms with Crippen LogP contribution >= 0.6 is 0 Å². The van der Waals surface area contributed by atoms with Crippen LogP contribution in [0.5, 0.6) is 5.75 Å². The summed E-state index contributed by atoms with van der Waals surface area (Å²) in [5, 5.41) is 3.83. The number of alkyl halides is 3. The minimum absolute atomic E-state index is 0.0532. The van der Waals surface area contributed by atoms with Gasteiger partial charge in [0, 0.05) is 5.56 Å². The number of aryl methyl sites for hydroxylation is 2. The summed E-state index contributed by atoms with van der Waals surface area (Å²) in [6.45, 7) is 1.47. The normalized spacial score (nSPS) is 11.4. The van der Waals surface area contributed by atoms with Gasteiger partial charge in [-0.05, 0) is 55.2 Å². The molecule has 4 aromatic rings. The van der Waals surface area contributed by atoms with E-state index in [2.05, 4.69) is 10.1 Å². The van der Waals surface area contributed by atoms with Crippen molar-refractivity contribution in [3.05, 3.63) is 95.3 Å². The SMILES string of the molecule is CCOC(=O)c1cnn(-c2cccc(-c3ccccc3CCc3ccc(OC)cc3)n2)c1C(F)(F)F. The Balaban J connectivity index is 1.67. The first-order chi connectivity index (χ1) is 17.3. The van der Waals surface area contributed by atoms with Crippen molar-refractivity contribution in [3.63, 3.8) is 0 Å². The summed E-state index contributed by atoms with van der Waals surface area (Å²) in [5.74, 6) is -0.362. The third kappa shape index (κ3) is 5.40. The van der Waals surface area contributed by atoms with Gasteiger partial charge in [-0.2, -0.15) is 18.3 Å². The van der Waals surface area contributed by atoms with Gasteiger partial charge in [0.1, 0.15) is 11.3 Å². The molecule has 0 radical (unpaired) electrons. The fourth-order valence-corrected chi connectivity index (χ4v) is 3.90. The van der Waals surface area contributed by atoms with Crippen molar-refractivity contribution in [2.75, 3.05) is 13.7 Å². The first kappa shape index (κ1) is 25.0. The lowest BCUT2D eigenvalue weighted by Crippen LogP contribution is -2.19. The summed E-state index contributed by atoms with van der Waals surface area (Å²) >= 11 is 0. The predicted octanol–water partition coefficient (Wildman–Crippen LogP) is 5.92. The predicted molar refractivity (Wildman–Crippen MR) is 128 cm³/mol. The van der Waals surface area contributed by atoms with Crippen molar-refractivity contribution < 1.29 is 27.4 Å². The van der Waals surface area contributed by atoms with Crippen molar-refractivity contribution in [2.45, 2.75) is 25.9 Å². The monoisotopic (exact) mass is 495 g/mol. The van der Waals surface area contributed by atoms with E-state index in [0.717, 1.165) is 35.1 Å². The zero-order valence-corrected chi connectivity index (χ0v) is 19.7. The molecule has 0 aliphatic heterocycles. The summed E-state index contributed by atoms with van der Waals surface area (Å²) < 4.78 is 52.4. The Kier molecular flexibility index (Phi) is 7.38. The maximum absolute atomic E-state index is 13.9. The van der Waals surface area contributed by atoms with Gasteiger partial charge in [-0.3, -0.25) is 0 Å². The molecule has 9 heteroatoms. The highest BCUT2D eigenvalue weighted by molar-refractivity contribution is 5.90. The molecule has 0 atom stereocenters. The van der Waals surface area contributed by atoms with Crippen LogP contribution in [0.2, 0.25) is 0 Å². The number of rotatable bonds is 8. The Morgan fingerprint density at radius 3 is 2.42 bits per heavy atom. The molecule has 0 saturated carbocycles. The number of aromatic nitrogens is 3. The summed E-state index contributed by atoms with van der Waals surface area (Å²) in [6.07, 6.45) is -2.51. The summed E-state index contributed by atoms with van der Waals surface area (Å²) in [4.78, 5) is 16.6. The van der Waals surface area contributed by atoms with Crippen LogP contribution in [0.3, 0.4) is 0 Å². The van der Waals surface area contributed by atoms with Crippen LogP contribution in [0.15, 0.2) is 72.9 Å². The molecule has 0 N–H and O–H groups in total. The molecule has 36 heavy (non-hydrogen) atoms. The van der Waals surface area contributed by atoms with E-state index in [1.54, 1.807) is 19.2 Å². The maximum atomic E-state index is 13.9. The lowest BCUT2D eigenvalue weighted by atomic mass is 9.97. The zero-order valence-electron chi connectivity index (χ0n) is 19.7. The largest absolute Gasteiger partial charge is 0.497 e. The van der Waals surface area contributed by atoms with E-state index in [1.807, 2.05) is 48.5 Å². The second kappa shape index (κ2) is 10.6. The van der Waals surface area contributed by atoms with Crippen molar-refractivity contribution >= 4 is 5.97 Å². The molecule has 2 aromatic carbocycles. The highest BCUT2D eigenvalue weighted by atomic mass is 19.4. The summed E-state index contributed by atoms with van der Waals surface area (Å²) in [6, 6.07) is 20.2. The molecule has 2 heterocycles. The zero-order chi connectivity index (χ0) is 25.7. The van der Waals surface area contributed by atoms with Crippen LogP contribution < -0.4 is 4.74 Å². The van der Waals surface area contributed by atoms with Crippen LogP contribution in [0.4, 0.5) is 13.2 Å². The number of benzene rings is 2. The Morgan fingerprint density at radius 2 is 1.72 bits per heavy atom. The third-order valence-corrected chi connectivity index (χ3v) is 5.62. The Morgan fingerprint density at radius 1 is 0.972 bits per heavy atom. The van der Waals surface area contributed by atoms with E-state index in [1.165, 1.54) is 13.0 Å². The fourth-order valence-electron chi connectivity index (χ4n) is 3.90. The molecule has 0 amide bonds. The third-order valence-electron chi connectivity index (χ3n) is 5.62. The van der Waals surface area contributed by atoms with E-state index >= 15 is 0 Å². The van der Waals surface area contributed by atoms with Gasteiger partial charge in [0.2, 0.25) is 0 Å². The minimum Gasteiger partial charge on any atom is -0.497 e. The highest BCUT2D eigenvalue weighted by Gasteiger charge is 2.41. The van der Waals surface area contributed by atoms with E-state index < -0.39 is 23.4 Å². The van der Waals surface area contributed by atoms with Crippen molar-refractivity contribution in [1.82, 2.24) is 14.8 Å². The average Bonchev–Trinajstić information content (AvgIpc) is 3.35. The molecule has 0 aliphatic rings. The second-order valence-corrected chi connectivity index (χ2v) is 7.92. The van der Waals surface area contributed by atoms with Gasteiger partial charge < -0.3 is 9.47 Å². The number of hydrogen-bond acceptors (Lipinski definition) is 5. The lowest BCUT2D eigenvalue weighted by Gasteiger charge is -2.14. The molecule has 0 bridgehead atoms.